The van der Waals surface area contributed by atoms with Crippen LogP contribution in [-0.4, -0.2) is 74.3 Å². The van der Waals surface area contributed by atoms with E-state index < -0.39 is 11.7 Å². The van der Waals surface area contributed by atoms with Crippen LogP contribution in [0.3, 0.4) is 0 Å². The van der Waals surface area contributed by atoms with E-state index in [1.165, 1.54) is 5.57 Å². The lowest BCUT2D eigenvalue weighted by molar-refractivity contribution is 0.0634. The van der Waals surface area contributed by atoms with Gasteiger partial charge >= 0.3 is 6.09 Å². The third-order valence-corrected chi connectivity index (χ3v) is 7.19. The average Bonchev–Trinajstić information content (AvgIpc) is 3.27. The van der Waals surface area contributed by atoms with Crippen LogP contribution in [0, 0.1) is 0 Å². The normalized spacial score (nSPS) is 14.0. The van der Waals surface area contributed by atoms with Crippen molar-refractivity contribution < 1.29 is 14.3 Å². The average molecular weight is 568 g/mol. The van der Waals surface area contributed by atoms with Gasteiger partial charge in [-0.2, -0.15) is 0 Å². The highest BCUT2D eigenvalue weighted by Crippen LogP contribution is 2.30. The van der Waals surface area contributed by atoms with Crippen LogP contribution in [0.2, 0.25) is 0 Å². The second-order valence-electron chi connectivity index (χ2n) is 11.7. The van der Waals surface area contributed by atoms with Crippen molar-refractivity contribution >= 4 is 34.4 Å². The summed E-state index contributed by atoms with van der Waals surface area (Å²) in [7, 11) is 5.57. The maximum Gasteiger partial charge on any atom is 0.413 e. The first kappa shape index (κ1) is 28.9. The van der Waals surface area contributed by atoms with E-state index in [0.717, 1.165) is 53.9 Å². The quantitative estimate of drug-likeness (QED) is 0.334. The van der Waals surface area contributed by atoms with Gasteiger partial charge < -0.3 is 14.2 Å². The number of aromatic nitrogens is 4. The summed E-state index contributed by atoms with van der Waals surface area (Å²) in [5, 5.41) is 12.2. The Balaban J connectivity index is 1.28. The van der Waals surface area contributed by atoms with Gasteiger partial charge in [0.05, 0.1) is 5.69 Å². The van der Waals surface area contributed by atoms with E-state index in [0.29, 0.717) is 17.1 Å². The SMILES string of the molecule is CN(C)C(=O)c1ccc(C2=CCN(Cc3cc4c(-c5ccc(NC(=O)OC(C)(C)C)nn5)ccnc4n3C)CC2)cc1. The van der Waals surface area contributed by atoms with Crippen LogP contribution in [-0.2, 0) is 18.3 Å². The molecule has 0 radical (unpaired) electrons. The Kier molecular flexibility index (Phi) is 8.08. The molecule has 10 nitrogen and oxygen atoms in total. The predicted octanol–water partition coefficient (Wildman–Crippen LogP) is 5.37. The topological polar surface area (TPSA) is 105 Å². The first-order valence-corrected chi connectivity index (χ1v) is 14.0. The Morgan fingerprint density at radius 3 is 2.43 bits per heavy atom. The lowest BCUT2D eigenvalue weighted by Crippen LogP contribution is -2.28. The number of fused-ring (bicyclic) bond motifs is 1. The molecule has 42 heavy (non-hydrogen) atoms. The molecular weight excluding hydrogens is 530 g/mol. The number of anilines is 1. The minimum Gasteiger partial charge on any atom is -0.444 e. The molecule has 10 heteroatoms. The minimum atomic E-state index is -0.599. The number of nitrogens with zero attached hydrogens (tertiary/aromatic N) is 6. The molecule has 4 heterocycles. The fourth-order valence-corrected chi connectivity index (χ4v) is 5.03. The number of nitrogens with one attached hydrogen (secondary N) is 1. The van der Waals surface area contributed by atoms with Crippen LogP contribution >= 0.6 is 0 Å². The highest BCUT2D eigenvalue weighted by molar-refractivity contribution is 5.94. The fraction of sp³-hybridized carbons (Fsp3) is 0.344. The van der Waals surface area contributed by atoms with E-state index in [-0.39, 0.29) is 5.91 Å². The lowest BCUT2D eigenvalue weighted by Gasteiger charge is -2.26. The molecule has 0 saturated heterocycles. The van der Waals surface area contributed by atoms with Crippen LogP contribution in [0.5, 0.6) is 0 Å². The highest BCUT2D eigenvalue weighted by atomic mass is 16.6. The summed E-state index contributed by atoms with van der Waals surface area (Å²) >= 11 is 0. The molecule has 1 aliphatic rings. The monoisotopic (exact) mass is 567 g/mol. The van der Waals surface area contributed by atoms with Crippen LogP contribution < -0.4 is 5.32 Å². The van der Waals surface area contributed by atoms with Gasteiger partial charge in [-0.1, -0.05) is 18.2 Å². The van der Waals surface area contributed by atoms with E-state index in [1.54, 1.807) is 52.0 Å². The number of carbonyl (C=O) groups excluding carboxylic acids is 2. The van der Waals surface area contributed by atoms with Gasteiger partial charge in [0, 0.05) is 69.2 Å². The summed E-state index contributed by atoms with van der Waals surface area (Å²) in [4.78, 5) is 32.9. The van der Waals surface area contributed by atoms with E-state index in [2.05, 4.69) is 42.1 Å². The smallest absolute Gasteiger partial charge is 0.413 e. The fourth-order valence-electron chi connectivity index (χ4n) is 5.03. The first-order chi connectivity index (χ1) is 20.0. The van der Waals surface area contributed by atoms with Crippen molar-refractivity contribution in [2.24, 2.45) is 7.05 Å². The van der Waals surface area contributed by atoms with Gasteiger partial charge in [-0.3, -0.25) is 15.0 Å². The molecule has 0 bridgehead atoms. The molecule has 0 saturated carbocycles. The lowest BCUT2D eigenvalue weighted by atomic mass is 9.98. The number of carbonyl (C=O) groups is 2. The largest absolute Gasteiger partial charge is 0.444 e. The van der Waals surface area contributed by atoms with E-state index in [4.69, 9.17) is 4.74 Å². The van der Waals surface area contributed by atoms with Crippen LogP contribution in [0.25, 0.3) is 27.9 Å². The van der Waals surface area contributed by atoms with E-state index in [1.807, 2.05) is 43.4 Å². The maximum absolute atomic E-state index is 12.2. The number of ether oxygens (including phenoxy) is 1. The van der Waals surface area contributed by atoms with Gasteiger partial charge in [-0.05, 0) is 74.7 Å². The Hall–Kier alpha value is -4.57. The highest BCUT2D eigenvalue weighted by Gasteiger charge is 2.19. The summed E-state index contributed by atoms with van der Waals surface area (Å²) in [6.45, 7) is 7.98. The van der Waals surface area contributed by atoms with E-state index >= 15 is 0 Å². The zero-order valence-electron chi connectivity index (χ0n) is 25.0. The third-order valence-electron chi connectivity index (χ3n) is 7.19. The van der Waals surface area contributed by atoms with Gasteiger partial charge in [0.25, 0.3) is 5.91 Å². The summed E-state index contributed by atoms with van der Waals surface area (Å²) in [6.07, 6.45) is 4.43. The molecule has 1 aromatic carbocycles. The Morgan fingerprint density at radius 2 is 1.81 bits per heavy atom. The van der Waals surface area contributed by atoms with Gasteiger partial charge in [-0.25, -0.2) is 9.78 Å². The standard InChI is InChI=1S/C32H37N7O3/c1-32(2,3)42-31(41)34-28-12-11-27(35-36-28)25-13-16-33-29-26(25)19-24(38(29)6)20-39-17-14-22(15-18-39)21-7-9-23(10-8-21)30(40)37(4)5/h7-14,16,19H,15,17-18,20H2,1-6H3,(H,34,36,41). The number of pyridine rings is 1. The predicted molar refractivity (Wildman–Crippen MR) is 164 cm³/mol. The van der Waals surface area contributed by atoms with Crippen LogP contribution in [0.4, 0.5) is 10.6 Å². The van der Waals surface area contributed by atoms with Crippen molar-refractivity contribution in [2.45, 2.75) is 39.3 Å². The molecule has 0 unspecified atom stereocenters. The van der Waals surface area contributed by atoms with E-state index in [9.17, 15) is 9.59 Å². The van der Waals surface area contributed by atoms with Crippen molar-refractivity contribution in [3.05, 3.63) is 77.6 Å². The molecule has 0 spiro atoms. The molecule has 0 aliphatic carbocycles. The number of hydrogen-bond acceptors (Lipinski definition) is 7. The number of amides is 2. The summed E-state index contributed by atoms with van der Waals surface area (Å²) < 4.78 is 7.42. The molecule has 1 N–H and O–H groups in total. The van der Waals surface area contributed by atoms with Crippen molar-refractivity contribution in [1.82, 2.24) is 29.5 Å². The summed E-state index contributed by atoms with van der Waals surface area (Å²) in [5.41, 5.74) is 6.22. The summed E-state index contributed by atoms with van der Waals surface area (Å²) in [5.74, 6) is 0.333. The zero-order chi connectivity index (χ0) is 30.0. The second-order valence-corrected chi connectivity index (χ2v) is 11.7. The molecule has 1 aliphatic heterocycles. The third kappa shape index (κ3) is 6.49. The van der Waals surface area contributed by atoms with Gasteiger partial charge in [0.15, 0.2) is 5.82 Å². The van der Waals surface area contributed by atoms with Crippen molar-refractivity contribution in [1.29, 1.82) is 0 Å². The van der Waals surface area contributed by atoms with Gasteiger partial charge in [0.1, 0.15) is 11.2 Å². The molecule has 218 valence electrons. The number of rotatable bonds is 6. The van der Waals surface area contributed by atoms with Crippen molar-refractivity contribution in [3.63, 3.8) is 0 Å². The van der Waals surface area contributed by atoms with Crippen molar-refractivity contribution in [3.8, 4) is 11.3 Å². The molecule has 4 aromatic rings. The van der Waals surface area contributed by atoms with Gasteiger partial charge in [0.2, 0.25) is 0 Å². The maximum atomic E-state index is 12.2. The summed E-state index contributed by atoms with van der Waals surface area (Å²) in [6, 6.07) is 15.5. The number of aryl methyl sites for hydroxylation is 1. The molecular formula is C32H37N7O3. The molecule has 0 atom stereocenters. The Bertz CT molecular complexity index is 1630. The van der Waals surface area contributed by atoms with Crippen LogP contribution in [0.15, 0.2) is 60.8 Å². The zero-order valence-corrected chi connectivity index (χ0v) is 25.0. The van der Waals surface area contributed by atoms with Crippen LogP contribution in [0.1, 0.15) is 48.8 Å². The first-order valence-electron chi connectivity index (χ1n) is 14.0. The number of hydrogen-bond donors (Lipinski definition) is 1. The molecule has 0 fully saturated rings. The Labute approximate surface area is 246 Å². The minimum absolute atomic E-state index is 0.0113. The Morgan fingerprint density at radius 1 is 1.05 bits per heavy atom. The number of benzene rings is 1. The van der Waals surface area contributed by atoms with Gasteiger partial charge in [-0.15, -0.1) is 10.2 Å². The molecule has 2 amide bonds. The molecule has 5 rings (SSSR count). The molecule has 3 aromatic heterocycles. The van der Waals surface area contributed by atoms with Crippen molar-refractivity contribution in [2.75, 3.05) is 32.5 Å². The second kappa shape index (κ2) is 11.7.